The molecule has 1 aliphatic carbocycles. The molecule has 0 spiro atoms. The first-order valence-electron chi connectivity index (χ1n) is 6.03. The molecule has 0 radical (unpaired) electrons. The standard InChI is InChI=1S/C13H10ClF4NO/c14-6-4-8-7-2-1-3-12(20,13(16,17)18)11(7)19-10(8)9(15)5-6/h4-5,19-20H,1-3H2. The number of halogens is 5. The van der Waals surface area contributed by atoms with Gasteiger partial charge in [0.15, 0.2) is 0 Å². The van der Waals surface area contributed by atoms with Crippen LogP contribution in [0.15, 0.2) is 12.1 Å². The van der Waals surface area contributed by atoms with Gasteiger partial charge in [-0.3, -0.25) is 0 Å². The number of rotatable bonds is 0. The summed E-state index contributed by atoms with van der Waals surface area (Å²) in [6.45, 7) is 0. The smallest absolute Gasteiger partial charge is 0.375 e. The van der Waals surface area contributed by atoms with Gasteiger partial charge in [-0.2, -0.15) is 13.2 Å². The zero-order chi connectivity index (χ0) is 14.7. The highest BCUT2D eigenvalue weighted by atomic mass is 35.5. The number of hydrogen-bond donors (Lipinski definition) is 2. The lowest BCUT2D eigenvalue weighted by atomic mass is 9.82. The second-order valence-electron chi connectivity index (χ2n) is 5.00. The van der Waals surface area contributed by atoms with E-state index in [1.54, 1.807) is 0 Å². The Hall–Kier alpha value is -1.27. The van der Waals surface area contributed by atoms with E-state index in [2.05, 4.69) is 4.98 Å². The maximum Gasteiger partial charge on any atom is 0.422 e. The number of aromatic nitrogens is 1. The Balaban J connectivity index is 2.34. The fourth-order valence-corrected chi connectivity index (χ4v) is 3.02. The second-order valence-corrected chi connectivity index (χ2v) is 5.44. The van der Waals surface area contributed by atoms with Gasteiger partial charge in [-0.25, -0.2) is 4.39 Å². The first-order chi connectivity index (χ1) is 9.24. The van der Waals surface area contributed by atoms with Crippen LogP contribution in [0.25, 0.3) is 10.9 Å². The van der Waals surface area contributed by atoms with Crippen LogP contribution in [0.4, 0.5) is 17.6 Å². The zero-order valence-electron chi connectivity index (χ0n) is 10.1. The first kappa shape index (κ1) is 13.7. The third kappa shape index (κ3) is 1.74. The molecule has 0 saturated heterocycles. The predicted octanol–water partition coefficient (Wildman–Crippen LogP) is 4.05. The maximum absolute atomic E-state index is 13.8. The Morgan fingerprint density at radius 1 is 1.30 bits per heavy atom. The van der Waals surface area contributed by atoms with Gasteiger partial charge in [-0.1, -0.05) is 11.6 Å². The van der Waals surface area contributed by atoms with Crippen molar-refractivity contribution >= 4 is 22.5 Å². The summed E-state index contributed by atoms with van der Waals surface area (Å²) in [6.07, 6.45) is -4.74. The molecule has 0 amide bonds. The van der Waals surface area contributed by atoms with Crippen LogP contribution in [0, 0.1) is 5.82 Å². The molecule has 7 heteroatoms. The van der Waals surface area contributed by atoms with E-state index in [1.807, 2.05) is 0 Å². The van der Waals surface area contributed by atoms with Crippen molar-refractivity contribution in [3.63, 3.8) is 0 Å². The Bertz CT molecular complexity index is 694. The molecule has 2 aromatic rings. The lowest BCUT2D eigenvalue weighted by molar-refractivity contribution is -0.272. The monoisotopic (exact) mass is 307 g/mol. The summed E-state index contributed by atoms with van der Waals surface area (Å²) >= 11 is 5.75. The molecule has 20 heavy (non-hydrogen) atoms. The van der Waals surface area contributed by atoms with E-state index >= 15 is 0 Å². The molecule has 108 valence electrons. The van der Waals surface area contributed by atoms with Crippen LogP contribution in [0.5, 0.6) is 0 Å². The minimum atomic E-state index is -4.82. The van der Waals surface area contributed by atoms with Gasteiger partial charge in [0.25, 0.3) is 0 Å². The molecule has 1 aliphatic rings. The quantitative estimate of drug-likeness (QED) is 0.708. The Labute approximate surface area is 116 Å². The van der Waals surface area contributed by atoms with Crippen LogP contribution in [-0.2, 0) is 12.0 Å². The highest BCUT2D eigenvalue weighted by molar-refractivity contribution is 6.31. The van der Waals surface area contributed by atoms with E-state index < -0.39 is 24.0 Å². The normalized spacial score (nSPS) is 23.1. The zero-order valence-corrected chi connectivity index (χ0v) is 10.9. The maximum atomic E-state index is 13.8. The molecule has 1 heterocycles. The summed E-state index contributed by atoms with van der Waals surface area (Å²) in [4.78, 5) is 2.41. The molecular formula is C13H10ClF4NO. The lowest BCUT2D eigenvalue weighted by Crippen LogP contribution is -2.45. The van der Waals surface area contributed by atoms with Crippen molar-refractivity contribution in [3.05, 3.63) is 34.2 Å². The Kier molecular flexibility index (Phi) is 2.82. The van der Waals surface area contributed by atoms with E-state index in [0.29, 0.717) is 11.8 Å². The molecule has 1 unspecified atom stereocenters. The average Bonchev–Trinajstić information content (AvgIpc) is 2.69. The highest BCUT2D eigenvalue weighted by Crippen LogP contribution is 2.48. The van der Waals surface area contributed by atoms with E-state index in [9.17, 15) is 22.7 Å². The largest absolute Gasteiger partial charge is 0.422 e. The van der Waals surface area contributed by atoms with Gasteiger partial charge in [0.1, 0.15) is 5.82 Å². The van der Waals surface area contributed by atoms with Crippen LogP contribution in [0.1, 0.15) is 24.1 Å². The van der Waals surface area contributed by atoms with Crippen molar-refractivity contribution in [2.24, 2.45) is 0 Å². The topological polar surface area (TPSA) is 36.0 Å². The van der Waals surface area contributed by atoms with Crippen molar-refractivity contribution in [2.45, 2.75) is 31.0 Å². The number of aliphatic hydroxyl groups is 1. The molecule has 2 N–H and O–H groups in total. The predicted molar refractivity (Wildman–Crippen MR) is 66.2 cm³/mol. The molecule has 1 aromatic heterocycles. The molecule has 0 saturated carbocycles. The van der Waals surface area contributed by atoms with Crippen molar-refractivity contribution < 1.29 is 22.7 Å². The summed E-state index contributed by atoms with van der Waals surface area (Å²) in [5.74, 6) is -0.730. The molecule has 3 rings (SSSR count). The van der Waals surface area contributed by atoms with Gasteiger partial charge in [0.2, 0.25) is 5.60 Å². The van der Waals surface area contributed by atoms with Crippen molar-refractivity contribution in [1.29, 1.82) is 0 Å². The van der Waals surface area contributed by atoms with E-state index in [-0.39, 0.29) is 28.2 Å². The minimum Gasteiger partial charge on any atom is -0.375 e. The van der Waals surface area contributed by atoms with Gasteiger partial charge in [-0.15, -0.1) is 0 Å². The SMILES string of the molecule is OC1(C(F)(F)F)CCCc2c1[nH]c1c(F)cc(Cl)cc21. The number of hydrogen-bond acceptors (Lipinski definition) is 1. The molecule has 1 atom stereocenters. The second kappa shape index (κ2) is 4.11. The molecule has 0 fully saturated rings. The van der Waals surface area contributed by atoms with Crippen LogP contribution in [0.3, 0.4) is 0 Å². The number of H-pyrrole nitrogens is 1. The van der Waals surface area contributed by atoms with Crippen molar-refractivity contribution in [1.82, 2.24) is 4.98 Å². The Morgan fingerprint density at radius 3 is 2.65 bits per heavy atom. The van der Waals surface area contributed by atoms with Crippen LogP contribution in [0.2, 0.25) is 5.02 Å². The van der Waals surface area contributed by atoms with Gasteiger partial charge >= 0.3 is 6.18 Å². The third-order valence-electron chi connectivity index (χ3n) is 3.78. The van der Waals surface area contributed by atoms with Gasteiger partial charge in [0, 0.05) is 10.4 Å². The van der Waals surface area contributed by atoms with E-state index in [4.69, 9.17) is 11.6 Å². The first-order valence-corrected chi connectivity index (χ1v) is 6.41. The molecular weight excluding hydrogens is 298 g/mol. The van der Waals surface area contributed by atoms with Gasteiger partial charge in [0.05, 0.1) is 11.2 Å². The lowest BCUT2D eigenvalue weighted by Gasteiger charge is -2.33. The molecule has 2 nitrogen and oxygen atoms in total. The van der Waals surface area contributed by atoms with Crippen LogP contribution >= 0.6 is 11.6 Å². The van der Waals surface area contributed by atoms with Crippen molar-refractivity contribution in [2.75, 3.05) is 0 Å². The summed E-state index contributed by atoms with van der Waals surface area (Å²) in [6, 6.07) is 2.44. The number of aryl methyl sites for hydroxylation is 1. The van der Waals surface area contributed by atoms with E-state index in [0.717, 1.165) is 6.07 Å². The number of benzene rings is 1. The summed E-state index contributed by atoms with van der Waals surface area (Å²) in [5, 5.41) is 10.4. The molecule has 1 aromatic carbocycles. The fourth-order valence-electron chi connectivity index (χ4n) is 2.82. The number of alkyl halides is 3. The van der Waals surface area contributed by atoms with Crippen molar-refractivity contribution in [3.8, 4) is 0 Å². The summed E-state index contributed by atoms with van der Waals surface area (Å²) < 4.78 is 53.2. The van der Waals surface area contributed by atoms with Crippen LogP contribution < -0.4 is 0 Å². The summed E-state index contributed by atoms with van der Waals surface area (Å²) in [5.41, 5.74) is -3.10. The van der Waals surface area contributed by atoms with Crippen LogP contribution in [-0.4, -0.2) is 16.3 Å². The van der Waals surface area contributed by atoms with Gasteiger partial charge in [-0.05, 0) is 37.0 Å². The number of nitrogens with one attached hydrogen (secondary N) is 1. The molecule has 0 bridgehead atoms. The minimum absolute atomic E-state index is 0.0519. The van der Waals surface area contributed by atoms with E-state index in [1.165, 1.54) is 6.07 Å². The van der Waals surface area contributed by atoms with Gasteiger partial charge < -0.3 is 10.1 Å². The fraction of sp³-hybridized carbons (Fsp3) is 0.385. The molecule has 0 aliphatic heterocycles. The third-order valence-corrected chi connectivity index (χ3v) is 4.00. The highest BCUT2D eigenvalue weighted by Gasteiger charge is 2.57. The Morgan fingerprint density at radius 2 is 2.00 bits per heavy atom. The number of aromatic amines is 1. The summed E-state index contributed by atoms with van der Waals surface area (Å²) in [7, 11) is 0. The number of fused-ring (bicyclic) bond motifs is 3. The average molecular weight is 308 g/mol.